The fourth-order valence-corrected chi connectivity index (χ4v) is 1.01. The zero-order valence-corrected chi connectivity index (χ0v) is 5.63. The number of aromatic nitrogens is 2. The van der Waals surface area contributed by atoms with Crippen LogP contribution in [0.2, 0.25) is 0 Å². The minimum Gasteiger partial charge on any atom is -0.384 e. The number of nitrogens with two attached hydrogens (primary N) is 1. The van der Waals surface area contributed by atoms with Crippen LogP contribution in [-0.4, -0.2) is 9.97 Å². The predicted molar refractivity (Wildman–Crippen MR) is 40.5 cm³/mol. The lowest BCUT2D eigenvalue weighted by Gasteiger charge is -1.93. The number of nitrogens with one attached hydrogen (secondary N) is 1. The second-order valence-electron chi connectivity index (χ2n) is 2.27. The molecule has 3 nitrogen and oxygen atoms in total. The van der Waals surface area contributed by atoms with Gasteiger partial charge in [-0.15, -0.1) is 0 Å². The molecule has 2 aromatic rings. The van der Waals surface area contributed by atoms with E-state index in [1.54, 1.807) is 12.3 Å². The fourth-order valence-electron chi connectivity index (χ4n) is 1.01. The lowest BCUT2D eigenvalue weighted by Crippen LogP contribution is -1.91. The summed E-state index contributed by atoms with van der Waals surface area (Å²) in [4.78, 5) is 6.65. The van der Waals surface area contributed by atoms with Gasteiger partial charge in [-0.3, -0.25) is 0 Å². The molecule has 4 heteroatoms. The summed E-state index contributed by atoms with van der Waals surface area (Å²) < 4.78 is 12.9. The summed E-state index contributed by atoms with van der Waals surface area (Å²) in [5.74, 6) is -0.147. The van der Waals surface area contributed by atoms with Crippen LogP contribution >= 0.6 is 0 Å². The van der Waals surface area contributed by atoms with Crippen LogP contribution in [0.1, 0.15) is 0 Å². The molecule has 0 aliphatic rings. The highest BCUT2D eigenvalue weighted by Crippen LogP contribution is 2.15. The average Bonchev–Trinajstić information content (AvgIpc) is 2.34. The highest BCUT2D eigenvalue weighted by molar-refractivity contribution is 5.77. The number of hydrogen-bond donors (Lipinski definition) is 2. The molecule has 2 heterocycles. The molecule has 3 N–H and O–H groups in total. The van der Waals surface area contributed by atoms with E-state index in [4.69, 9.17) is 5.73 Å². The van der Waals surface area contributed by atoms with Crippen LogP contribution in [-0.2, 0) is 0 Å². The van der Waals surface area contributed by atoms with Gasteiger partial charge in [0.1, 0.15) is 17.3 Å². The number of hydrogen-bond acceptors (Lipinski definition) is 2. The van der Waals surface area contributed by atoms with Crippen molar-refractivity contribution in [2.45, 2.75) is 0 Å². The summed E-state index contributed by atoms with van der Waals surface area (Å²) in [6, 6.07) is 2.83. The second-order valence-corrected chi connectivity index (χ2v) is 2.27. The van der Waals surface area contributed by atoms with Crippen molar-refractivity contribution in [3.63, 3.8) is 0 Å². The maximum absolute atomic E-state index is 12.9. The lowest BCUT2D eigenvalue weighted by molar-refractivity contribution is 0.639. The summed E-state index contributed by atoms with van der Waals surface area (Å²) >= 11 is 0. The van der Waals surface area contributed by atoms with Crippen LogP contribution in [0.25, 0.3) is 11.0 Å². The molecule has 2 aromatic heterocycles. The molecule has 0 amide bonds. The van der Waals surface area contributed by atoms with Gasteiger partial charge < -0.3 is 10.7 Å². The standard InChI is InChI=1S/C7H6FN3/c8-5-3-6(9)11-7-4(5)1-2-10-7/h1-3H,(H3,9,10,11). The molecule has 0 atom stereocenters. The summed E-state index contributed by atoms with van der Waals surface area (Å²) in [6.45, 7) is 0. The Bertz CT molecular complexity index is 393. The highest BCUT2D eigenvalue weighted by Gasteiger charge is 2.02. The molecule has 0 aliphatic heterocycles. The molecule has 0 aliphatic carbocycles. The smallest absolute Gasteiger partial charge is 0.142 e. The molecule has 0 radical (unpaired) electrons. The van der Waals surface area contributed by atoms with Crippen LogP contribution in [0.3, 0.4) is 0 Å². The molecule has 2 rings (SSSR count). The Labute approximate surface area is 62.0 Å². The van der Waals surface area contributed by atoms with Crippen LogP contribution in [0.5, 0.6) is 0 Å². The highest BCUT2D eigenvalue weighted by atomic mass is 19.1. The Morgan fingerprint density at radius 2 is 2.36 bits per heavy atom. The van der Waals surface area contributed by atoms with Crippen LogP contribution in [0.15, 0.2) is 18.3 Å². The number of anilines is 1. The maximum atomic E-state index is 12.9. The molecule has 0 fully saturated rings. The SMILES string of the molecule is Nc1cc(F)c2cc[nH]c2n1. The third kappa shape index (κ3) is 0.832. The minimum atomic E-state index is -0.339. The molecule has 0 unspecified atom stereocenters. The molecular formula is C7H6FN3. The Morgan fingerprint density at radius 1 is 1.55 bits per heavy atom. The van der Waals surface area contributed by atoms with E-state index in [2.05, 4.69) is 9.97 Å². The molecular weight excluding hydrogens is 145 g/mol. The summed E-state index contributed by atoms with van der Waals surface area (Å²) in [7, 11) is 0. The number of nitrogens with zero attached hydrogens (tertiary/aromatic N) is 1. The van der Waals surface area contributed by atoms with Gasteiger partial charge in [-0.1, -0.05) is 0 Å². The summed E-state index contributed by atoms with van der Waals surface area (Å²) in [6.07, 6.45) is 1.63. The van der Waals surface area contributed by atoms with Crippen LogP contribution in [0, 0.1) is 5.82 Å². The van der Waals surface area contributed by atoms with E-state index in [-0.39, 0.29) is 11.6 Å². The van der Waals surface area contributed by atoms with Crippen molar-refractivity contribution in [1.29, 1.82) is 0 Å². The van der Waals surface area contributed by atoms with Gasteiger partial charge >= 0.3 is 0 Å². The monoisotopic (exact) mass is 151 g/mol. The van der Waals surface area contributed by atoms with E-state index >= 15 is 0 Å². The molecule has 0 spiro atoms. The van der Waals surface area contributed by atoms with E-state index in [0.29, 0.717) is 11.0 Å². The van der Waals surface area contributed by atoms with E-state index in [9.17, 15) is 4.39 Å². The number of rotatable bonds is 0. The van der Waals surface area contributed by atoms with Gasteiger partial charge in [0.05, 0.1) is 5.39 Å². The molecule has 0 bridgehead atoms. The number of pyridine rings is 1. The average molecular weight is 151 g/mol. The maximum Gasteiger partial charge on any atom is 0.142 e. The number of halogens is 1. The Kier molecular flexibility index (Phi) is 1.09. The third-order valence-corrected chi connectivity index (χ3v) is 1.50. The third-order valence-electron chi connectivity index (χ3n) is 1.50. The predicted octanol–water partition coefficient (Wildman–Crippen LogP) is 1.28. The zero-order chi connectivity index (χ0) is 7.84. The molecule has 0 aromatic carbocycles. The second kappa shape index (κ2) is 1.95. The first-order chi connectivity index (χ1) is 5.27. The Balaban J connectivity index is 2.91. The Hall–Kier alpha value is -1.58. The quantitative estimate of drug-likeness (QED) is 0.596. The van der Waals surface area contributed by atoms with E-state index < -0.39 is 0 Å². The first-order valence-electron chi connectivity index (χ1n) is 3.16. The lowest BCUT2D eigenvalue weighted by atomic mass is 10.3. The molecule has 11 heavy (non-hydrogen) atoms. The normalized spacial score (nSPS) is 10.6. The van der Waals surface area contributed by atoms with E-state index in [0.717, 1.165) is 0 Å². The van der Waals surface area contributed by atoms with Gasteiger partial charge in [-0.05, 0) is 6.07 Å². The van der Waals surface area contributed by atoms with Crippen LogP contribution < -0.4 is 5.73 Å². The van der Waals surface area contributed by atoms with Crippen molar-refractivity contribution in [1.82, 2.24) is 9.97 Å². The first kappa shape index (κ1) is 6.15. The van der Waals surface area contributed by atoms with Gasteiger partial charge in [0.25, 0.3) is 0 Å². The number of H-pyrrole nitrogens is 1. The minimum absolute atomic E-state index is 0.192. The van der Waals surface area contributed by atoms with Crippen molar-refractivity contribution in [3.8, 4) is 0 Å². The van der Waals surface area contributed by atoms with Crippen molar-refractivity contribution in [3.05, 3.63) is 24.1 Å². The van der Waals surface area contributed by atoms with Gasteiger partial charge in [-0.25, -0.2) is 9.37 Å². The first-order valence-corrected chi connectivity index (χ1v) is 3.16. The number of aromatic amines is 1. The van der Waals surface area contributed by atoms with E-state index in [1.165, 1.54) is 6.07 Å². The molecule has 0 saturated heterocycles. The van der Waals surface area contributed by atoms with Gasteiger partial charge in [0.15, 0.2) is 0 Å². The van der Waals surface area contributed by atoms with Crippen molar-refractivity contribution < 1.29 is 4.39 Å². The van der Waals surface area contributed by atoms with Gasteiger partial charge in [0.2, 0.25) is 0 Å². The van der Waals surface area contributed by atoms with Gasteiger partial charge in [-0.2, -0.15) is 0 Å². The Morgan fingerprint density at radius 3 is 3.18 bits per heavy atom. The van der Waals surface area contributed by atoms with Crippen molar-refractivity contribution >= 4 is 16.9 Å². The molecule has 56 valence electrons. The largest absolute Gasteiger partial charge is 0.384 e. The fraction of sp³-hybridized carbons (Fsp3) is 0. The molecule has 0 saturated carbocycles. The topological polar surface area (TPSA) is 54.7 Å². The zero-order valence-electron chi connectivity index (χ0n) is 5.63. The summed E-state index contributed by atoms with van der Waals surface area (Å²) in [5.41, 5.74) is 5.80. The van der Waals surface area contributed by atoms with Crippen molar-refractivity contribution in [2.75, 3.05) is 5.73 Å². The van der Waals surface area contributed by atoms with Gasteiger partial charge in [0, 0.05) is 12.3 Å². The van der Waals surface area contributed by atoms with E-state index in [1.807, 2.05) is 0 Å². The number of nitrogen functional groups attached to an aromatic ring is 1. The number of fused-ring (bicyclic) bond motifs is 1. The van der Waals surface area contributed by atoms with Crippen molar-refractivity contribution in [2.24, 2.45) is 0 Å². The van der Waals surface area contributed by atoms with Crippen LogP contribution in [0.4, 0.5) is 10.2 Å². The summed E-state index contributed by atoms with van der Waals surface area (Å²) in [5, 5.41) is 0.471.